The molecule has 2 aromatic rings. The lowest BCUT2D eigenvalue weighted by Gasteiger charge is -2.10. The van der Waals surface area contributed by atoms with Crippen LogP contribution in [-0.4, -0.2) is 36.5 Å². The average molecular weight is 282 g/mol. The summed E-state index contributed by atoms with van der Waals surface area (Å²) < 4.78 is 9.79. The predicted molar refractivity (Wildman–Crippen MR) is 72.4 cm³/mol. The van der Waals surface area contributed by atoms with Gasteiger partial charge in [-0.15, -0.1) is 11.8 Å². The van der Waals surface area contributed by atoms with E-state index in [4.69, 9.17) is 4.74 Å². The summed E-state index contributed by atoms with van der Waals surface area (Å²) in [5, 5.41) is 0. The number of hydrogen-bond donors (Lipinski definition) is 0. The standard InChI is InChI=1S/C11H14N4O3S/c1-13-9-8(10(16)14(2)11(13)17)15(6-12-9)5-7-18-3-4-19-7/h6-7H,3-5H2,1-2H3. The van der Waals surface area contributed by atoms with Crippen LogP contribution in [0.15, 0.2) is 15.9 Å². The fraction of sp³-hybridized carbons (Fsp3) is 0.545. The van der Waals surface area contributed by atoms with Crippen LogP contribution in [0.25, 0.3) is 11.2 Å². The van der Waals surface area contributed by atoms with E-state index in [1.807, 2.05) is 0 Å². The van der Waals surface area contributed by atoms with E-state index in [1.54, 1.807) is 29.7 Å². The first kappa shape index (κ1) is 12.5. The lowest BCUT2D eigenvalue weighted by molar-refractivity contribution is 0.131. The molecule has 0 aliphatic carbocycles. The maximum Gasteiger partial charge on any atom is 0.332 e. The number of fused-ring (bicyclic) bond motifs is 1. The fourth-order valence-corrected chi connectivity index (χ4v) is 3.12. The molecule has 1 atom stereocenters. The summed E-state index contributed by atoms with van der Waals surface area (Å²) in [4.78, 5) is 28.2. The van der Waals surface area contributed by atoms with Crippen molar-refractivity contribution in [2.24, 2.45) is 14.1 Å². The van der Waals surface area contributed by atoms with Crippen LogP contribution in [0.1, 0.15) is 0 Å². The van der Waals surface area contributed by atoms with Crippen molar-refractivity contribution in [3.63, 3.8) is 0 Å². The number of rotatable bonds is 2. The van der Waals surface area contributed by atoms with Gasteiger partial charge in [-0.2, -0.15) is 0 Å². The van der Waals surface area contributed by atoms with Crippen LogP contribution >= 0.6 is 11.8 Å². The van der Waals surface area contributed by atoms with E-state index < -0.39 is 0 Å². The van der Waals surface area contributed by atoms with Crippen molar-refractivity contribution in [2.75, 3.05) is 12.4 Å². The van der Waals surface area contributed by atoms with Gasteiger partial charge in [0.05, 0.1) is 19.5 Å². The first-order chi connectivity index (χ1) is 9.09. The summed E-state index contributed by atoms with van der Waals surface area (Å²) in [6.07, 6.45) is 1.59. The van der Waals surface area contributed by atoms with Gasteiger partial charge in [0.25, 0.3) is 5.56 Å². The maximum atomic E-state index is 12.2. The number of ether oxygens (including phenoxy) is 1. The van der Waals surface area contributed by atoms with Crippen molar-refractivity contribution >= 4 is 22.9 Å². The summed E-state index contributed by atoms with van der Waals surface area (Å²) in [6.45, 7) is 1.30. The zero-order chi connectivity index (χ0) is 13.6. The van der Waals surface area contributed by atoms with Crippen molar-refractivity contribution in [2.45, 2.75) is 12.0 Å². The molecular formula is C11H14N4O3S. The number of aryl methyl sites for hydroxylation is 1. The molecule has 7 nitrogen and oxygen atoms in total. The highest BCUT2D eigenvalue weighted by Gasteiger charge is 2.20. The highest BCUT2D eigenvalue weighted by Crippen LogP contribution is 2.22. The van der Waals surface area contributed by atoms with Crippen LogP contribution in [0.3, 0.4) is 0 Å². The molecule has 1 unspecified atom stereocenters. The number of hydrogen-bond acceptors (Lipinski definition) is 5. The molecule has 1 aliphatic heterocycles. The fourth-order valence-electron chi connectivity index (χ4n) is 2.21. The van der Waals surface area contributed by atoms with Gasteiger partial charge in [-0.1, -0.05) is 0 Å². The van der Waals surface area contributed by atoms with Gasteiger partial charge >= 0.3 is 5.69 Å². The van der Waals surface area contributed by atoms with Gasteiger partial charge in [-0.25, -0.2) is 9.78 Å². The maximum absolute atomic E-state index is 12.2. The third-order valence-electron chi connectivity index (χ3n) is 3.25. The Morgan fingerprint density at radius 3 is 2.89 bits per heavy atom. The minimum atomic E-state index is -0.366. The molecule has 0 saturated carbocycles. The Balaban J connectivity index is 2.17. The van der Waals surface area contributed by atoms with Gasteiger partial charge in [0.1, 0.15) is 5.44 Å². The summed E-state index contributed by atoms with van der Waals surface area (Å²) in [5.74, 6) is 0.966. The molecule has 1 aliphatic rings. The van der Waals surface area contributed by atoms with Gasteiger partial charge in [0.2, 0.25) is 0 Å². The Bertz CT molecular complexity index is 739. The number of nitrogens with zero attached hydrogens (tertiary/aromatic N) is 4. The Labute approximate surface area is 112 Å². The van der Waals surface area contributed by atoms with Gasteiger partial charge < -0.3 is 9.30 Å². The second kappa shape index (κ2) is 4.53. The van der Waals surface area contributed by atoms with Crippen molar-refractivity contribution < 1.29 is 4.74 Å². The molecule has 3 rings (SSSR count). The smallest absolute Gasteiger partial charge is 0.332 e. The number of aromatic nitrogens is 4. The van der Waals surface area contributed by atoms with E-state index >= 15 is 0 Å². The molecule has 1 saturated heterocycles. The Morgan fingerprint density at radius 2 is 2.21 bits per heavy atom. The van der Waals surface area contributed by atoms with E-state index in [0.29, 0.717) is 17.7 Å². The molecule has 1 fully saturated rings. The molecular weight excluding hydrogens is 268 g/mol. The summed E-state index contributed by atoms with van der Waals surface area (Å²) in [6, 6.07) is 0. The zero-order valence-electron chi connectivity index (χ0n) is 10.7. The quantitative estimate of drug-likeness (QED) is 0.744. The summed E-state index contributed by atoms with van der Waals surface area (Å²) >= 11 is 1.72. The lowest BCUT2D eigenvalue weighted by atomic mass is 10.5. The van der Waals surface area contributed by atoms with Gasteiger partial charge in [-0.3, -0.25) is 13.9 Å². The minimum absolute atomic E-state index is 0.0411. The Morgan fingerprint density at radius 1 is 1.42 bits per heavy atom. The van der Waals surface area contributed by atoms with Crippen molar-refractivity contribution in [3.8, 4) is 0 Å². The van der Waals surface area contributed by atoms with Crippen molar-refractivity contribution in [3.05, 3.63) is 27.2 Å². The van der Waals surface area contributed by atoms with Crippen LogP contribution in [-0.2, 0) is 25.4 Å². The van der Waals surface area contributed by atoms with Crippen molar-refractivity contribution in [1.82, 2.24) is 18.7 Å². The van der Waals surface area contributed by atoms with E-state index in [-0.39, 0.29) is 16.7 Å². The van der Waals surface area contributed by atoms with Crippen LogP contribution in [0, 0.1) is 0 Å². The van der Waals surface area contributed by atoms with Gasteiger partial charge in [0, 0.05) is 19.8 Å². The van der Waals surface area contributed by atoms with Crippen molar-refractivity contribution in [1.29, 1.82) is 0 Å². The molecule has 0 spiro atoms. The van der Waals surface area contributed by atoms with Crippen LogP contribution in [0.4, 0.5) is 0 Å². The van der Waals surface area contributed by atoms with E-state index in [2.05, 4.69) is 4.98 Å². The lowest BCUT2D eigenvalue weighted by Crippen LogP contribution is -2.37. The number of imidazole rings is 1. The average Bonchev–Trinajstić information content (AvgIpc) is 3.04. The summed E-state index contributed by atoms with van der Waals surface area (Å²) in [7, 11) is 3.09. The molecule has 0 bridgehead atoms. The Kier molecular flexibility index (Phi) is 2.98. The second-order valence-corrected chi connectivity index (χ2v) is 5.71. The van der Waals surface area contributed by atoms with Crippen LogP contribution < -0.4 is 11.2 Å². The topological polar surface area (TPSA) is 71.0 Å². The third kappa shape index (κ3) is 1.91. The predicted octanol–water partition coefficient (Wildman–Crippen LogP) is -0.477. The van der Waals surface area contributed by atoms with Crippen LogP contribution in [0.5, 0.6) is 0 Å². The van der Waals surface area contributed by atoms with Gasteiger partial charge in [-0.05, 0) is 0 Å². The normalized spacial score (nSPS) is 19.4. The second-order valence-electron chi connectivity index (χ2n) is 4.45. The first-order valence-corrected chi connectivity index (χ1v) is 6.98. The molecule has 0 N–H and O–H groups in total. The molecule has 0 amide bonds. The molecule has 0 aromatic carbocycles. The largest absolute Gasteiger partial charge is 0.365 e. The highest BCUT2D eigenvalue weighted by atomic mass is 32.2. The molecule has 3 heterocycles. The minimum Gasteiger partial charge on any atom is -0.365 e. The number of thioether (sulfide) groups is 1. The van der Waals surface area contributed by atoms with Crippen LogP contribution in [0.2, 0.25) is 0 Å². The molecule has 102 valence electrons. The monoisotopic (exact) mass is 282 g/mol. The Hall–Kier alpha value is -1.54. The summed E-state index contributed by atoms with van der Waals surface area (Å²) in [5.41, 5.74) is 0.212. The zero-order valence-corrected chi connectivity index (χ0v) is 11.5. The third-order valence-corrected chi connectivity index (χ3v) is 4.31. The molecule has 19 heavy (non-hydrogen) atoms. The molecule has 0 radical (unpaired) electrons. The first-order valence-electron chi connectivity index (χ1n) is 5.93. The van der Waals surface area contributed by atoms with E-state index in [1.165, 1.54) is 11.6 Å². The van der Waals surface area contributed by atoms with E-state index in [0.717, 1.165) is 16.9 Å². The molecule has 2 aromatic heterocycles. The van der Waals surface area contributed by atoms with E-state index in [9.17, 15) is 9.59 Å². The highest BCUT2D eigenvalue weighted by molar-refractivity contribution is 7.99. The molecule has 8 heteroatoms. The SMILES string of the molecule is Cn1c(=O)c2c(ncn2CC2OCCS2)n(C)c1=O. The van der Waals surface area contributed by atoms with Gasteiger partial charge in [0.15, 0.2) is 11.2 Å².